The second kappa shape index (κ2) is 10.9. The summed E-state index contributed by atoms with van der Waals surface area (Å²) in [7, 11) is 0. The molecule has 2 rings (SSSR count). The van der Waals surface area contributed by atoms with Gasteiger partial charge in [0.25, 0.3) is 0 Å². The van der Waals surface area contributed by atoms with Crippen LogP contribution in [0.1, 0.15) is 72.8 Å². The SMILES string of the molecule is CCC1(c2cccc(OC(=O)NC(C(=O)O)C(C)C)c2)CCCCN(C(=O)OC(C)(C)C)C1. The molecule has 2 N–H and O–H groups in total. The van der Waals surface area contributed by atoms with Gasteiger partial charge in [0.2, 0.25) is 0 Å². The molecule has 2 unspecified atom stereocenters. The third-order valence-electron chi connectivity index (χ3n) is 6.02. The fourth-order valence-corrected chi connectivity index (χ4v) is 4.17. The summed E-state index contributed by atoms with van der Waals surface area (Å²) >= 11 is 0. The zero-order chi connectivity index (χ0) is 24.8. The van der Waals surface area contributed by atoms with Crippen LogP contribution in [0.15, 0.2) is 24.3 Å². The zero-order valence-corrected chi connectivity index (χ0v) is 20.6. The first-order chi connectivity index (χ1) is 15.4. The van der Waals surface area contributed by atoms with Crippen molar-refractivity contribution in [2.45, 2.75) is 84.3 Å². The Morgan fingerprint density at radius 3 is 2.48 bits per heavy atom. The van der Waals surface area contributed by atoms with Gasteiger partial charge in [0.05, 0.1) is 0 Å². The van der Waals surface area contributed by atoms with E-state index in [1.165, 1.54) is 0 Å². The summed E-state index contributed by atoms with van der Waals surface area (Å²) in [6.07, 6.45) is 2.43. The molecule has 0 bridgehead atoms. The number of rotatable bonds is 6. The fraction of sp³-hybridized carbons (Fsp3) is 0.640. The zero-order valence-electron chi connectivity index (χ0n) is 20.6. The molecular weight excluding hydrogens is 424 g/mol. The lowest BCUT2D eigenvalue weighted by Crippen LogP contribution is -2.45. The van der Waals surface area contributed by atoms with E-state index in [4.69, 9.17) is 9.47 Å². The molecule has 8 heteroatoms. The van der Waals surface area contributed by atoms with Gasteiger partial charge in [0, 0.05) is 18.5 Å². The van der Waals surface area contributed by atoms with Gasteiger partial charge in [-0.05, 0) is 63.6 Å². The number of benzene rings is 1. The molecule has 1 heterocycles. The van der Waals surface area contributed by atoms with Crippen molar-refractivity contribution in [3.8, 4) is 5.75 Å². The number of amides is 2. The van der Waals surface area contributed by atoms with Crippen LogP contribution >= 0.6 is 0 Å². The standard InChI is InChI=1S/C25H38N2O6/c1-7-25(13-8-9-14-27(16-25)23(31)33-24(4,5)6)18-11-10-12-19(15-18)32-22(30)26-20(17(2)3)21(28)29/h10-12,15,17,20H,7-9,13-14,16H2,1-6H3,(H,26,30)(H,28,29). The predicted octanol–water partition coefficient (Wildman–Crippen LogP) is 4.95. The van der Waals surface area contributed by atoms with Gasteiger partial charge >= 0.3 is 18.2 Å². The molecule has 0 aliphatic carbocycles. The third kappa shape index (κ3) is 7.37. The number of ether oxygens (including phenoxy) is 2. The average molecular weight is 463 g/mol. The van der Waals surface area contributed by atoms with Crippen molar-refractivity contribution in [2.75, 3.05) is 13.1 Å². The average Bonchev–Trinajstić information content (AvgIpc) is 2.94. The molecule has 1 aliphatic heterocycles. The van der Waals surface area contributed by atoms with Crippen LogP contribution in [0, 0.1) is 5.92 Å². The Balaban J connectivity index is 2.23. The molecule has 1 aromatic rings. The number of hydrogen-bond donors (Lipinski definition) is 2. The lowest BCUT2D eigenvalue weighted by Gasteiger charge is -2.37. The van der Waals surface area contributed by atoms with Crippen molar-refractivity contribution in [3.63, 3.8) is 0 Å². The van der Waals surface area contributed by atoms with Crippen molar-refractivity contribution in [1.82, 2.24) is 10.2 Å². The van der Waals surface area contributed by atoms with E-state index < -0.39 is 23.7 Å². The van der Waals surface area contributed by atoms with E-state index in [0.717, 1.165) is 31.2 Å². The number of carboxylic acid groups (broad SMARTS) is 1. The summed E-state index contributed by atoms with van der Waals surface area (Å²) in [5, 5.41) is 11.7. The van der Waals surface area contributed by atoms with Gasteiger partial charge in [-0.2, -0.15) is 0 Å². The van der Waals surface area contributed by atoms with Crippen LogP contribution in [-0.4, -0.2) is 52.9 Å². The van der Waals surface area contributed by atoms with Crippen LogP contribution in [0.5, 0.6) is 5.75 Å². The van der Waals surface area contributed by atoms with Crippen molar-refractivity contribution in [1.29, 1.82) is 0 Å². The molecule has 1 saturated heterocycles. The van der Waals surface area contributed by atoms with Crippen molar-refractivity contribution in [2.24, 2.45) is 5.92 Å². The Labute approximate surface area is 196 Å². The normalized spacial score (nSPS) is 20.0. The summed E-state index contributed by atoms with van der Waals surface area (Å²) < 4.78 is 11.0. The summed E-state index contributed by atoms with van der Waals surface area (Å²) in [4.78, 5) is 38.3. The Morgan fingerprint density at radius 2 is 1.91 bits per heavy atom. The highest BCUT2D eigenvalue weighted by atomic mass is 16.6. The largest absolute Gasteiger partial charge is 0.480 e. The maximum Gasteiger partial charge on any atom is 0.413 e. The number of carboxylic acids is 1. The van der Waals surface area contributed by atoms with Crippen LogP contribution in [0.2, 0.25) is 0 Å². The van der Waals surface area contributed by atoms with Gasteiger partial charge in [0.15, 0.2) is 0 Å². The van der Waals surface area contributed by atoms with E-state index >= 15 is 0 Å². The topological polar surface area (TPSA) is 105 Å². The van der Waals surface area contributed by atoms with Crippen LogP contribution in [-0.2, 0) is 14.9 Å². The maximum atomic E-state index is 12.8. The molecule has 184 valence electrons. The molecule has 8 nitrogen and oxygen atoms in total. The van der Waals surface area contributed by atoms with E-state index in [2.05, 4.69) is 12.2 Å². The van der Waals surface area contributed by atoms with E-state index in [-0.39, 0.29) is 17.4 Å². The maximum absolute atomic E-state index is 12.8. The smallest absolute Gasteiger partial charge is 0.413 e. The highest BCUT2D eigenvalue weighted by molar-refractivity contribution is 5.81. The molecule has 2 amide bonds. The number of aliphatic carboxylic acids is 1. The van der Waals surface area contributed by atoms with Crippen LogP contribution < -0.4 is 10.1 Å². The van der Waals surface area contributed by atoms with E-state index in [9.17, 15) is 19.5 Å². The molecule has 0 saturated carbocycles. The Kier molecular flexibility index (Phi) is 8.75. The Morgan fingerprint density at radius 1 is 1.21 bits per heavy atom. The van der Waals surface area contributed by atoms with Crippen LogP contribution in [0.3, 0.4) is 0 Å². The number of nitrogens with zero attached hydrogens (tertiary/aromatic N) is 1. The third-order valence-corrected chi connectivity index (χ3v) is 6.02. The van der Waals surface area contributed by atoms with E-state index in [0.29, 0.717) is 18.8 Å². The number of likely N-dealkylation sites (tertiary alicyclic amines) is 1. The minimum Gasteiger partial charge on any atom is -0.480 e. The second-order valence-electron chi connectivity index (χ2n) is 10.1. The highest BCUT2D eigenvalue weighted by Gasteiger charge is 2.37. The molecular formula is C25H38N2O6. The summed E-state index contributed by atoms with van der Waals surface area (Å²) in [6, 6.07) is 6.25. The van der Waals surface area contributed by atoms with Crippen LogP contribution in [0.25, 0.3) is 0 Å². The second-order valence-corrected chi connectivity index (χ2v) is 10.1. The molecule has 0 aromatic heterocycles. The van der Waals surface area contributed by atoms with E-state index in [1.807, 2.05) is 39.0 Å². The molecule has 1 fully saturated rings. The van der Waals surface area contributed by atoms with Crippen molar-refractivity contribution in [3.05, 3.63) is 29.8 Å². The summed E-state index contributed by atoms with van der Waals surface area (Å²) in [5.74, 6) is -1.06. The predicted molar refractivity (Wildman–Crippen MR) is 125 cm³/mol. The molecule has 0 spiro atoms. The minimum absolute atomic E-state index is 0.283. The lowest BCUT2D eigenvalue weighted by atomic mass is 9.74. The summed E-state index contributed by atoms with van der Waals surface area (Å²) in [6.45, 7) is 12.3. The molecule has 1 aliphatic rings. The summed E-state index contributed by atoms with van der Waals surface area (Å²) in [5.41, 5.74) is 0.109. The lowest BCUT2D eigenvalue weighted by molar-refractivity contribution is -0.140. The van der Waals surface area contributed by atoms with Crippen molar-refractivity contribution < 1.29 is 29.0 Å². The Bertz CT molecular complexity index is 848. The Hall–Kier alpha value is -2.77. The van der Waals surface area contributed by atoms with Gasteiger partial charge in [-0.1, -0.05) is 39.3 Å². The number of carbonyl (C=O) groups is 3. The van der Waals surface area contributed by atoms with Gasteiger partial charge in [-0.25, -0.2) is 14.4 Å². The molecule has 2 atom stereocenters. The van der Waals surface area contributed by atoms with Gasteiger partial charge < -0.3 is 24.8 Å². The first-order valence-electron chi connectivity index (χ1n) is 11.7. The van der Waals surface area contributed by atoms with E-state index in [1.54, 1.807) is 24.8 Å². The quantitative estimate of drug-likeness (QED) is 0.619. The number of nitrogens with one attached hydrogen (secondary N) is 1. The first-order valence-corrected chi connectivity index (χ1v) is 11.7. The molecule has 0 radical (unpaired) electrons. The first kappa shape index (κ1) is 26.5. The van der Waals surface area contributed by atoms with Gasteiger partial charge in [-0.15, -0.1) is 0 Å². The molecule has 33 heavy (non-hydrogen) atoms. The van der Waals surface area contributed by atoms with Gasteiger partial charge in [-0.3, -0.25) is 0 Å². The monoisotopic (exact) mass is 462 g/mol. The fourth-order valence-electron chi connectivity index (χ4n) is 4.17. The number of hydrogen-bond acceptors (Lipinski definition) is 5. The van der Waals surface area contributed by atoms with Crippen molar-refractivity contribution >= 4 is 18.2 Å². The molecule has 1 aromatic carbocycles. The van der Waals surface area contributed by atoms with Gasteiger partial charge in [0.1, 0.15) is 17.4 Å². The van der Waals surface area contributed by atoms with Crippen LogP contribution in [0.4, 0.5) is 9.59 Å². The number of carbonyl (C=O) groups excluding carboxylic acids is 2. The minimum atomic E-state index is -1.11. The highest BCUT2D eigenvalue weighted by Crippen LogP contribution is 2.38.